The number of pyridine rings is 1. The van der Waals surface area contributed by atoms with E-state index in [-0.39, 0.29) is 29.5 Å². The third kappa shape index (κ3) is 5.13. The van der Waals surface area contributed by atoms with E-state index >= 15 is 0 Å². The predicted octanol–water partition coefficient (Wildman–Crippen LogP) is 2.96. The molecule has 140 valence electrons. The van der Waals surface area contributed by atoms with Crippen LogP contribution in [0.3, 0.4) is 0 Å². The van der Waals surface area contributed by atoms with E-state index in [0.717, 1.165) is 25.7 Å². The van der Waals surface area contributed by atoms with E-state index in [2.05, 4.69) is 20.9 Å². The van der Waals surface area contributed by atoms with Crippen molar-refractivity contribution in [1.29, 1.82) is 0 Å². The molecule has 1 aromatic carbocycles. The quantitative estimate of drug-likeness (QED) is 0.757. The number of hydrogen-bond acceptors (Lipinski definition) is 4. The van der Waals surface area contributed by atoms with Gasteiger partial charge in [-0.15, -0.1) is 0 Å². The maximum absolute atomic E-state index is 12.5. The number of hydrogen-bond donors (Lipinski definition) is 3. The molecule has 0 bridgehead atoms. The first-order chi connectivity index (χ1) is 13.0. The molecule has 0 spiro atoms. The van der Waals surface area contributed by atoms with Crippen LogP contribution in [0.2, 0.25) is 0 Å². The molecule has 1 aliphatic rings. The molecule has 7 nitrogen and oxygen atoms in total. The average molecular weight is 366 g/mol. The Hall–Kier alpha value is -3.22. The molecule has 1 saturated carbocycles. The van der Waals surface area contributed by atoms with Crippen LogP contribution in [-0.2, 0) is 4.79 Å². The summed E-state index contributed by atoms with van der Waals surface area (Å²) in [6, 6.07) is 10.1. The van der Waals surface area contributed by atoms with Crippen LogP contribution in [-0.4, -0.2) is 28.7 Å². The van der Waals surface area contributed by atoms with Crippen LogP contribution >= 0.6 is 0 Å². The third-order valence-corrected chi connectivity index (χ3v) is 4.39. The van der Waals surface area contributed by atoms with Gasteiger partial charge in [0.05, 0.1) is 0 Å². The van der Waals surface area contributed by atoms with Crippen LogP contribution in [0.4, 0.5) is 11.4 Å². The van der Waals surface area contributed by atoms with Crippen molar-refractivity contribution in [1.82, 2.24) is 10.3 Å². The summed E-state index contributed by atoms with van der Waals surface area (Å²) >= 11 is 0. The van der Waals surface area contributed by atoms with E-state index in [9.17, 15) is 14.4 Å². The summed E-state index contributed by atoms with van der Waals surface area (Å²) in [7, 11) is 0. The van der Waals surface area contributed by atoms with Gasteiger partial charge in [0.2, 0.25) is 5.91 Å². The van der Waals surface area contributed by atoms with Crippen molar-refractivity contribution in [3.8, 4) is 0 Å². The Bertz CT molecular complexity index is 860. The van der Waals surface area contributed by atoms with Gasteiger partial charge in [-0.1, -0.05) is 18.9 Å². The molecule has 3 amide bonds. The van der Waals surface area contributed by atoms with E-state index in [1.54, 1.807) is 30.3 Å². The van der Waals surface area contributed by atoms with Crippen molar-refractivity contribution in [2.45, 2.75) is 38.6 Å². The highest BCUT2D eigenvalue weighted by Crippen LogP contribution is 2.19. The molecule has 1 heterocycles. The molecule has 0 aliphatic heterocycles. The monoisotopic (exact) mass is 366 g/mol. The maximum Gasteiger partial charge on any atom is 0.270 e. The van der Waals surface area contributed by atoms with Gasteiger partial charge in [-0.25, -0.2) is 0 Å². The van der Waals surface area contributed by atoms with Gasteiger partial charge in [0.15, 0.2) is 0 Å². The second kappa shape index (κ2) is 8.44. The van der Waals surface area contributed by atoms with E-state index in [0.29, 0.717) is 16.9 Å². The standard InChI is InChI=1S/C20H22N4O3/c1-13(25)22-16-7-4-8-17(12-16)24-19(26)14-9-10-21-18(11-14)20(27)23-15-5-2-3-6-15/h4,7-12,15H,2-3,5-6H2,1H3,(H,22,25)(H,23,27)(H,24,26). The van der Waals surface area contributed by atoms with Gasteiger partial charge in [0.25, 0.3) is 11.8 Å². The van der Waals surface area contributed by atoms with Crippen LogP contribution in [0.5, 0.6) is 0 Å². The number of carbonyl (C=O) groups is 3. The van der Waals surface area contributed by atoms with Crippen molar-refractivity contribution in [3.63, 3.8) is 0 Å². The lowest BCUT2D eigenvalue weighted by Crippen LogP contribution is -2.33. The van der Waals surface area contributed by atoms with Crippen LogP contribution in [0.15, 0.2) is 42.6 Å². The van der Waals surface area contributed by atoms with Gasteiger partial charge in [-0.3, -0.25) is 19.4 Å². The third-order valence-electron chi connectivity index (χ3n) is 4.39. The molecule has 0 radical (unpaired) electrons. The Balaban J connectivity index is 1.68. The number of anilines is 2. The molecule has 0 atom stereocenters. The van der Waals surface area contributed by atoms with E-state index < -0.39 is 0 Å². The second-order valence-electron chi connectivity index (χ2n) is 6.60. The molecular formula is C20H22N4O3. The average Bonchev–Trinajstić information content (AvgIpc) is 3.14. The van der Waals surface area contributed by atoms with Gasteiger partial charge in [0, 0.05) is 36.1 Å². The fraction of sp³-hybridized carbons (Fsp3) is 0.300. The highest BCUT2D eigenvalue weighted by atomic mass is 16.2. The first kappa shape index (κ1) is 18.6. The Labute approximate surface area is 157 Å². The first-order valence-electron chi connectivity index (χ1n) is 8.97. The number of amides is 3. The lowest BCUT2D eigenvalue weighted by Gasteiger charge is -2.12. The van der Waals surface area contributed by atoms with Crippen LogP contribution < -0.4 is 16.0 Å². The van der Waals surface area contributed by atoms with Gasteiger partial charge >= 0.3 is 0 Å². The molecule has 1 fully saturated rings. The number of rotatable bonds is 5. The molecule has 0 unspecified atom stereocenters. The van der Waals surface area contributed by atoms with Gasteiger partial charge < -0.3 is 16.0 Å². The van der Waals surface area contributed by atoms with Crippen molar-refractivity contribution in [3.05, 3.63) is 53.9 Å². The molecule has 7 heteroatoms. The van der Waals surface area contributed by atoms with Crippen LogP contribution in [0.1, 0.15) is 53.5 Å². The van der Waals surface area contributed by atoms with E-state index in [1.807, 2.05) is 0 Å². The molecule has 2 aromatic rings. The highest BCUT2D eigenvalue weighted by Gasteiger charge is 2.19. The Kier molecular flexibility index (Phi) is 5.80. The normalized spacial score (nSPS) is 13.8. The van der Waals surface area contributed by atoms with Gasteiger partial charge in [-0.05, 0) is 43.2 Å². The molecule has 1 aliphatic carbocycles. The minimum Gasteiger partial charge on any atom is -0.348 e. The zero-order chi connectivity index (χ0) is 19.2. The summed E-state index contributed by atoms with van der Waals surface area (Å²) in [5.41, 5.74) is 1.69. The number of benzene rings is 1. The zero-order valence-corrected chi connectivity index (χ0v) is 15.1. The topological polar surface area (TPSA) is 100 Å². The van der Waals surface area contributed by atoms with Gasteiger partial charge in [-0.2, -0.15) is 0 Å². The fourth-order valence-corrected chi connectivity index (χ4v) is 3.11. The highest BCUT2D eigenvalue weighted by molar-refractivity contribution is 6.06. The molecule has 0 saturated heterocycles. The van der Waals surface area contributed by atoms with Crippen molar-refractivity contribution < 1.29 is 14.4 Å². The second-order valence-corrected chi connectivity index (χ2v) is 6.60. The maximum atomic E-state index is 12.5. The van der Waals surface area contributed by atoms with Crippen molar-refractivity contribution in [2.24, 2.45) is 0 Å². The number of carbonyl (C=O) groups excluding carboxylic acids is 3. The SMILES string of the molecule is CC(=O)Nc1cccc(NC(=O)c2ccnc(C(=O)NC3CCCC3)c2)c1. The summed E-state index contributed by atoms with van der Waals surface area (Å²) in [6.07, 6.45) is 5.66. The lowest BCUT2D eigenvalue weighted by atomic mass is 10.2. The number of nitrogens with zero attached hydrogens (tertiary/aromatic N) is 1. The Morgan fingerprint density at radius 2 is 1.67 bits per heavy atom. The minimum atomic E-state index is -0.354. The van der Waals surface area contributed by atoms with Crippen LogP contribution in [0, 0.1) is 0 Å². The fourth-order valence-electron chi connectivity index (χ4n) is 3.11. The van der Waals surface area contributed by atoms with Crippen LogP contribution in [0.25, 0.3) is 0 Å². The Morgan fingerprint density at radius 1 is 0.963 bits per heavy atom. The predicted molar refractivity (Wildman–Crippen MR) is 103 cm³/mol. The van der Waals surface area contributed by atoms with Gasteiger partial charge in [0.1, 0.15) is 5.69 Å². The Morgan fingerprint density at radius 3 is 2.37 bits per heavy atom. The van der Waals surface area contributed by atoms with Crippen molar-refractivity contribution >= 4 is 29.1 Å². The largest absolute Gasteiger partial charge is 0.348 e. The number of nitrogens with one attached hydrogen (secondary N) is 3. The molecular weight excluding hydrogens is 344 g/mol. The summed E-state index contributed by atoms with van der Waals surface area (Å²) in [6.45, 7) is 1.42. The van der Waals surface area contributed by atoms with E-state index in [4.69, 9.17) is 0 Å². The lowest BCUT2D eigenvalue weighted by molar-refractivity contribution is -0.114. The smallest absolute Gasteiger partial charge is 0.270 e. The van der Waals surface area contributed by atoms with E-state index in [1.165, 1.54) is 19.2 Å². The molecule has 27 heavy (non-hydrogen) atoms. The summed E-state index contributed by atoms with van der Waals surface area (Å²) in [4.78, 5) is 40.1. The first-order valence-corrected chi connectivity index (χ1v) is 8.97. The van der Waals surface area contributed by atoms with Crippen molar-refractivity contribution in [2.75, 3.05) is 10.6 Å². The summed E-state index contributed by atoms with van der Waals surface area (Å²) in [5, 5.41) is 8.39. The summed E-state index contributed by atoms with van der Waals surface area (Å²) in [5.74, 6) is -0.804. The molecule has 1 aromatic heterocycles. The molecule has 3 N–H and O–H groups in total. The number of aromatic nitrogens is 1. The summed E-state index contributed by atoms with van der Waals surface area (Å²) < 4.78 is 0. The molecule has 3 rings (SSSR count). The minimum absolute atomic E-state index is 0.188. The zero-order valence-electron chi connectivity index (χ0n) is 15.1.